The van der Waals surface area contributed by atoms with Crippen molar-refractivity contribution in [2.75, 3.05) is 23.3 Å². The summed E-state index contributed by atoms with van der Waals surface area (Å²) in [4.78, 5) is 51.1. The molecule has 1 aromatic carbocycles. The number of hydrogen-bond donors (Lipinski definition) is 2. The fourth-order valence-electron chi connectivity index (χ4n) is 3.52. The number of para-hydroxylation sites is 2. The molecule has 1 fully saturated rings. The Morgan fingerprint density at radius 3 is 2.62 bits per heavy atom. The van der Waals surface area contributed by atoms with E-state index in [2.05, 4.69) is 5.32 Å². The van der Waals surface area contributed by atoms with Gasteiger partial charge in [-0.2, -0.15) is 0 Å². The van der Waals surface area contributed by atoms with Crippen LogP contribution in [0.5, 0.6) is 0 Å². The van der Waals surface area contributed by atoms with E-state index >= 15 is 0 Å². The lowest BCUT2D eigenvalue weighted by Gasteiger charge is -2.32. The van der Waals surface area contributed by atoms with Crippen molar-refractivity contribution in [3.8, 4) is 0 Å². The number of benzene rings is 1. The van der Waals surface area contributed by atoms with Gasteiger partial charge < -0.3 is 20.2 Å². The Hall–Kier alpha value is -2.90. The second-order valence-corrected chi connectivity index (χ2v) is 6.77. The number of carboxylic acids is 1. The van der Waals surface area contributed by atoms with Gasteiger partial charge in [0.2, 0.25) is 17.7 Å². The molecule has 138 valence electrons. The first-order valence-corrected chi connectivity index (χ1v) is 8.56. The summed E-state index contributed by atoms with van der Waals surface area (Å²) in [5.74, 6) is -2.01. The highest BCUT2D eigenvalue weighted by Gasteiger charge is 2.45. The molecule has 1 aromatic rings. The lowest BCUT2D eigenvalue weighted by molar-refractivity contribution is -0.155. The maximum Gasteiger partial charge on any atom is 0.329 e. The molecule has 2 aliphatic rings. The van der Waals surface area contributed by atoms with Gasteiger partial charge in [0.25, 0.3) is 0 Å². The fraction of sp³-hybridized carbons (Fsp3) is 0.444. The van der Waals surface area contributed by atoms with E-state index in [0.29, 0.717) is 30.8 Å². The third-order valence-electron chi connectivity index (χ3n) is 5.03. The number of likely N-dealkylation sites (tertiary alicyclic amines) is 1. The first-order valence-electron chi connectivity index (χ1n) is 8.56. The molecule has 0 aliphatic carbocycles. The van der Waals surface area contributed by atoms with E-state index in [9.17, 15) is 24.3 Å². The number of carboxylic acid groups (broad SMARTS) is 1. The molecule has 0 spiro atoms. The van der Waals surface area contributed by atoms with Crippen LogP contribution in [-0.2, 0) is 19.2 Å². The molecule has 0 radical (unpaired) electrons. The summed E-state index contributed by atoms with van der Waals surface area (Å²) in [5.41, 5.74) is -0.0555. The number of hydrogen-bond acceptors (Lipinski definition) is 4. The normalized spacial score (nSPS) is 22.0. The van der Waals surface area contributed by atoms with Crippen LogP contribution < -0.4 is 10.2 Å². The first-order chi connectivity index (χ1) is 12.3. The number of nitrogens with one attached hydrogen (secondary N) is 1. The highest BCUT2D eigenvalue weighted by molar-refractivity contribution is 6.10. The van der Waals surface area contributed by atoms with Crippen LogP contribution in [0.1, 0.15) is 32.6 Å². The van der Waals surface area contributed by atoms with Crippen molar-refractivity contribution in [3.05, 3.63) is 24.3 Å². The maximum absolute atomic E-state index is 12.6. The molecule has 0 saturated carbocycles. The quantitative estimate of drug-likeness (QED) is 0.840. The number of anilines is 2. The smallest absolute Gasteiger partial charge is 0.329 e. The average molecular weight is 359 g/mol. The molecule has 2 aliphatic heterocycles. The monoisotopic (exact) mass is 359 g/mol. The molecule has 2 heterocycles. The van der Waals surface area contributed by atoms with Crippen LogP contribution in [-0.4, -0.2) is 52.3 Å². The Morgan fingerprint density at radius 1 is 1.19 bits per heavy atom. The zero-order valence-corrected chi connectivity index (χ0v) is 14.5. The van der Waals surface area contributed by atoms with Gasteiger partial charge in [-0.3, -0.25) is 14.4 Å². The number of fused-ring (bicyclic) bond motifs is 1. The van der Waals surface area contributed by atoms with Crippen molar-refractivity contribution in [2.45, 2.75) is 38.1 Å². The summed E-state index contributed by atoms with van der Waals surface area (Å²) in [5, 5.41) is 12.1. The predicted molar refractivity (Wildman–Crippen MR) is 93.6 cm³/mol. The Kier molecular flexibility index (Phi) is 4.67. The molecule has 3 amide bonds. The number of carbonyl (C=O) groups is 4. The summed E-state index contributed by atoms with van der Waals surface area (Å²) in [7, 11) is 0. The minimum absolute atomic E-state index is 0.0767. The minimum Gasteiger partial charge on any atom is -0.480 e. The van der Waals surface area contributed by atoms with Crippen molar-refractivity contribution in [1.29, 1.82) is 0 Å². The molecule has 0 aromatic heterocycles. The zero-order valence-electron chi connectivity index (χ0n) is 14.5. The van der Waals surface area contributed by atoms with E-state index < -0.39 is 11.5 Å². The van der Waals surface area contributed by atoms with E-state index in [4.69, 9.17) is 0 Å². The van der Waals surface area contributed by atoms with Gasteiger partial charge in [0.1, 0.15) is 12.1 Å². The van der Waals surface area contributed by atoms with Crippen LogP contribution in [0.3, 0.4) is 0 Å². The number of amides is 3. The summed E-state index contributed by atoms with van der Waals surface area (Å²) in [6.45, 7) is 1.82. The summed E-state index contributed by atoms with van der Waals surface area (Å²) < 4.78 is 0. The standard InChI is InChI=1S/C18H21N3O5/c1-18(17(25)26)9-4-10-21(18)16(24)8-7-15(23)20-11-14(22)19-12-5-2-3-6-13(12)20/h2-3,5-6H,4,7-11H2,1H3,(H,19,22)(H,25,26). The van der Waals surface area contributed by atoms with Gasteiger partial charge in [0.05, 0.1) is 11.4 Å². The fourth-order valence-corrected chi connectivity index (χ4v) is 3.52. The molecule has 1 saturated heterocycles. The van der Waals surface area contributed by atoms with E-state index in [0.717, 1.165) is 0 Å². The van der Waals surface area contributed by atoms with E-state index in [1.165, 1.54) is 16.7 Å². The van der Waals surface area contributed by atoms with Crippen LogP contribution in [0.15, 0.2) is 24.3 Å². The van der Waals surface area contributed by atoms with Gasteiger partial charge in [0, 0.05) is 19.4 Å². The Bertz CT molecular complexity index is 778. The van der Waals surface area contributed by atoms with Crippen molar-refractivity contribution < 1.29 is 24.3 Å². The summed E-state index contributed by atoms with van der Waals surface area (Å²) in [6, 6.07) is 6.97. The van der Waals surface area contributed by atoms with Crippen LogP contribution in [0.25, 0.3) is 0 Å². The topological polar surface area (TPSA) is 107 Å². The highest BCUT2D eigenvalue weighted by atomic mass is 16.4. The number of carbonyl (C=O) groups excluding carboxylic acids is 3. The van der Waals surface area contributed by atoms with Gasteiger partial charge >= 0.3 is 5.97 Å². The highest BCUT2D eigenvalue weighted by Crippen LogP contribution is 2.31. The molecule has 3 rings (SSSR count). The maximum atomic E-state index is 12.6. The molecule has 26 heavy (non-hydrogen) atoms. The molecule has 1 unspecified atom stereocenters. The second kappa shape index (κ2) is 6.78. The third kappa shape index (κ3) is 3.14. The molecule has 8 heteroatoms. The third-order valence-corrected chi connectivity index (χ3v) is 5.03. The van der Waals surface area contributed by atoms with Crippen molar-refractivity contribution in [2.24, 2.45) is 0 Å². The molecular formula is C18H21N3O5. The Labute approximate surface area is 150 Å². The lowest BCUT2D eigenvalue weighted by atomic mass is 9.99. The van der Waals surface area contributed by atoms with Crippen LogP contribution in [0.2, 0.25) is 0 Å². The summed E-state index contributed by atoms with van der Waals surface area (Å²) >= 11 is 0. The molecule has 1 atom stereocenters. The van der Waals surface area contributed by atoms with Gasteiger partial charge in [-0.1, -0.05) is 12.1 Å². The number of aliphatic carboxylic acids is 1. The van der Waals surface area contributed by atoms with E-state index in [-0.39, 0.29) is 37.1 Å². The average Bonchev–Trinajstić information content (AvgIpc) is 3.02. The first kappa shape index (κ1) is 17.9. The van der Waals surface area contributed by atoms with Crippen molar-refractivity contribution in [1.82, 2.24) is 4.90 Å². The molecular weight excluding hydrogens is 338 g/mol. The van der Waals surface area contributed by atoms with Gasteiger partial charge in [-0.15, -0.1) is 0 Å². The number of nitrogens with zero attached hydrogens (tertiary/aromatic N) is 2. The van der Waals surface area contributed by atoms with Gasteiger partial charge in [-0.05, 0) is 31.9 Å². The molecule has 0 bridgehead atoms. The number of rotatable bonds is 4. The zero-order chi connectivity index (χ0) is 18.9. The minimum atomic E-state index is -1.21. The largest absolute Gasteiger partial charge is 0.480 e. The van der Waals surface area contributed by atoms with E-state index in [1.54, 1.807) is 24.3 Å². The molecule has 2 N–H and O–H groups in total. The lowest BCUT2D eigenvalue weighted by Crippen LogP contribution is -2.51. The van der Waals surface area contributed by atoms with Crippen LogP contribution >= 0.6 is 0 Å². The van der Waals surface area contributed by atoms with Gasteiger partial charge in [0.15, 0.2) is 0 Å². The van der Waals surface area contributed by atoms with E-state index in [1.807, 2.05) is 0 Å². The second-order valence-electron chi connectivity index (χ2n) is 6.77. The Morgan fingerprint density at radius 2 is 1.88 bits per heavy atom. The van der Waals surface area contributed by atoms with Crippen molar-refractivity contribution in [3.63, 3.8) is 0 Å². The predicted octanol–water partition coefficient (Wildman–Crippen LogP) is 1.22. The summed E-state index contributed by atoms with van der Waals surface area (Å²) in [6.07, 6.45) is 0.873. The van der Waals surface area contributed by atoms with Crippen LogP contribution in [0.4, 0.5) is 11.4 Å². The van der Waals surface area contributed by atoms with Crippen LogP contribution in [0, 0.1) is 0 Å². The Balaban J connectivity index is 1.67. The van der Waals surface area contributed by atoms with Crippen molar-refractivity contribution >= 4 is 35.1 Å². The SMILES string of the molecule is CC1(C(=O)O)CCCN1C(=O)CCC(=O)N1CC(=O)Nc2ccccc21. The molecule has 8 nitrogen and oxygen atoms in total. The van der Waals surface area contributed by atoms with Gasteiger partial charge in [-0.25, -0.2) is 4.79 Å².